The molecule has 1 saturated carbocycles. The third-order valence-corrected chi connectivity index (χ3v) is 8.98. The van der Waals surface area contributed by atoms with Crippen LogP contribution in [0, 0.1) is 11.8 Å². The van der Waals surface area contributed by atoms with Gasteiger partial charge in [0.2, 0.25) is 11.8 Å². The molecule has 2 amide bonds. The molecule has 1 aliphatic carbocycles. The summed E-state index contributed by atoms with van der Waals surface area (Å²) < 4.78 is 0. The average Bonchev–Trinajstić information content (AvgIpc) is 2.87. The fourth-order valence-corrected chi connectivity index (χ4v) is 6.90. The van der Waals surface area contributed by atoms with Crippen LogP contribution in [0.1, 0.15) is 63.5 Å². The molecule has 0 atom stereocenters. The molecule has 1 spiro atoms. The third-order valence-electron chi connectivity index (χ3n) is 8.98. The van der Waals surface area contributed by atoms with Gasteiger partial charge < -0.3 is 15.5 Å². The monoisotopic (exact) mass is 473 g/mol. The second kappa shape index (κ2) is 9.77. The summed E-state index contributed by atoms with van der Waals surface area (Å²) in [7, 11) is 0. The van der Waals surface area contributed by atoms with Crippen molar-refractivity contribution in [1.82, 2.24) is 9.80 Å². The molecule has 1 saturated heterocycles. The van der Waals surface area contributed by atoms with Crippen molar-refractivity contribution in [1.29, 1.82) is 0 Å². The molecule has 2 heterocycles. The first-order chi connectivity index (χ1) is 16.9. The fraction of sp³-hybridized carbons (Fsp3) is 0.533. The molecule has 0 radical (unpaired) electrons. The van der Waals surface area contributed by atoms with E-state index >= 15 is 0 Å². The third kappa shape index (κ3) is 4.63. The zero-order valence-corrected chi connectivity index (χ0v) is 21.2. The Morgan fingerprint density at radius 2 is 1.69 bits per heavy atom. The van der Waals surface area contributed by atoms with E-state index in [9.17, 15) is 9.59 Å². The van der Waals surface area contributed by atoms with Gasteiger partial charge in [0.05, 0.1) is 12.0 Å². The topological polar surface area (TPSA) is 66.6 Å². The molecule has 5 nitrogen and oxygen atoms in total. The van der Waals surface area contributed by atoms with Crippen molar-refractivity contribution >= 4 is 11.8 Å². The van der Waals surface area contributed by atoms with Crippen molar-refractivity contribution in [2.75, 3.05) is 19.6 Å². The van der Waals surface area contributed by atoms with Gasteiger partial charge in [-0.25, -0.2) is 0 Å². The molecule has 0 bridgehead atoms. The van der Waals surface area contributed by atoms with E-state index in [1.807, 2.05) is 18.2 Å². The molecule has 35 heavy (non-hydrogen) atoms. The van der Waals surface area contributed by atoms with Crippen LogP contribution in [0.4, 0.5) is 0 Å². The van der Waals surface area contributed by atoms with Crippen molar-refractivity contribution in [2.45, 2.75) is 70.4 Å². The summed E-state index contributed by atoms with van der Waals surface area (Å²) in [6.45, 7) is 7.01. The summed E-state index contributed by atoms with van der Waals surface area (Å²) in [5.41, 5.74) is 9.62. The minimum atomic E-state index is -0.552. The summed E-state index contributed by atoms with van der Waals surface area (Å²) in [5.74, 6) is 1.26. The molecule has 2 N–H and O–H groups in total. The Labute approximate surface area is 209 Å². The minimum absolute atomic E-state index is 0.0154. The number of carbonyl (C=O) groups is 2. The Kier molecular flexibility index (Phi) is 6.71. The second-order valence-corrected chi connectivity index (χ2v) is 11.3. The molecule has 2 aromatic carbocycles. The molecule has 3 aliphatic rings. The van der Waals surface area contributed by atoms with Crippen LogP contribution in [-0.2, 0) is 21.5 Å². The number of rotatable bonds is 5. The first-order valence-corrected chi connectivity index (χ1v) is 13.4. The number of amides is 2. The molecule has 0 aromatic heterocycles. The lowest BCUT2D eigenvalue weighted by molar-refractivity contribution is -0.144. The van der Waals surface area contributed by atoms with Gasteiger partial charge in [-0.05, 0) is 91.8 Å². The molecular weight excluding hydrogens is 434 g/mol. The lowest BCUT2D eigenvalue weighted by Crippen LogP contribution is -2.58. The number of nitrogens with zero attached hydrogens (tertiary/aromatic N) is 2. The van der Waals surface area contributed by atoms with Crippen molar-refractivity contribution in [3.63, 3.8) is 0 Å². The van der Waals surface area contributed by atoms with Crippen molar-refractivity contribution in [3.05, 3.63) is 59.7 Å². The largest absolute Gasteiger partial charge is 0.368 e. The lowest BCUT2D eigenvalue weighted by Gasteiger charge is -2.49. The molecule has 0 unspecified atom stereocenters. The van der Waals surface area contributed by atoms with Crippen LogP contribution in [0.3, 0.4) is 0 Å². The summed E-state index contributed by atoms with van der Waals surface area (Å²) in [6, 6.07) is 17.5. The summed E-state index contributed by atoms with van der Waals surface area (Å²) >= 11 is 0. The standard InChI is InChI=1S/C30H39N3O2/c1-21(2)22-8-11-26(12-9-22)32-16-14-30(15-17-32)27-13-10-24(23-6-4-3-5-7-23)18-25(27)19-33(29(30)35)20-28(31)34/h3-7,10,13,18,21-22,26H,8-9,11-12,14-17,19-20H2,1-2H3,(H2,31,34)/t22-,26+. The predicted octanol–water partition coefficient (Wildman–Crippen LogP) is 4.73. The van der Waals surface area contributed by atoms with E-state index < -0.39 is 11.3 Å². The van der Waals surface area contributed by atoms with Crippen molar-refractivity contribution < 1.29 is 9.59 Å². The average molecular weight is 474 g/mol. The Balaban J connectivity index is 1.40. The van der Waals surface area contributed by atoms with Gasteiger partial charge in [-0.15, -0.1) is 0 Å². The number of benzene rings is 2. The summed E-state index contributed by atoms with van der Waals surface area (Å²) in [4.78, 5) is 30.0. The van der Waals surface area contributed by atoms with Crippen LogP contribution >= 0.6 is 0 Å². The highest BCUT2D eigenvalue weighted by Crippen LogP contribution is 2.45. The Bertz CT molecular complexity index is 1060. The number of primary amides is 1. The van der Waals surface area contributed by atoms with Crippen molar-refractivity contribution in [3.8, 4) is 11.1 Å². The number of fused-ring (bicyclic) bond motifs is 2. The van der Waals surface area contributed by atoms with E-state index in [2.05, 4.69) is 49.1 Å². The maximum Gasteiger partial charge on any atom is 0.237 e. The highest BCUT2D eigenvalue weighted by atomic mass is 16.2. The number of nitrogens with two attached hydrogens (primary N) is 1. The lowest BCUT2D eigenvalue weighted by atomic mass is 9.67. The van der Waals surface area contributed by atoms with Crippen LogP contribution in [0.5, 0.6) is 0 Å². The fourth-order valence-electron chi connectivity index (χ4n) is 6.90. The number of carbonyl (C=O) groups excluding carboxylic acids is 2. The predicted molar refractivity (Wildman–Crippen MR) is 140 cm³/mol. The highest BCUT2D eigenvalue weighted by Gasteiger charge is 2.49. The van der Waals surface area contributed by atoms with E-state index in [-0.39, 0.29) is 12.5 Å². The van der Waals surface area contributed by atoms with Crippen LogP contribution < -0.4 is 5.73 Å². The van der Waals surface area contributed by atoms with E-state index in [0.29, 0.717) is 12.6 Å². The van der Waals surface area contributed by atoms with Gasteiger partial charge in [-0.3, -0.25) is 9.59 Å². The van der Waals surface area contributed by atoms with Gasteiger partial charge in [-0.2, -0.15) is 0 Å². The number of hydrogen-bond acceptors (Lipinski definition) is 3. The molecule has 2 aromatic rings. The number of piperidine rings is 1. The van der Waals surface area contributed by atoms with Crippen LogP contribution in [0.15, 0.2) is 48.5 Å². The minimum Gasteiger partial charge on any atom is -0.368 e. The molecule has 5 rings (SSSR count). The summed E-state index contributed by atoms with van der Waals surface area (Å²) in [6.07, 6.45) is 6.80. The zero-order valence-electron chi connectivity index (χ0n) is 21.2. The van der Waals surface area contributed by atoms with E-state index in [1.54, 1.807) is 4.90 Å². The van der Waals surface area contributed by atoms with Gasteiger partial charge in [0.25, 0.3) is 0 Å². The van der Waals surface area contributed by atoms with Crippen LogP contribution in [0.2, 0.25) is 0 Å². The van der Waals surface area contributed by atoms with Gasteiger partial charge in [0.15, 0.2) is 0 Å². The molecule has 2 fully saturated rings. The molecule has 186 valence electrons. The maximum atomic E-state index is 13.9. The SMILES string of the molecule is CC(C)[C@H]1CC[C@@H](N2CCC3(CC2)C(=O)N(CC(N)=O)Cc2cc(-c4ccccc4)ccc23)CC1. The molecule has 5 heteroatoms. The zero-order chi connectivity index (χ0) is 24.6. The van der Waals surface area contributed by atoms with Crippen LogP contribution in [-0.4, -0.2) is 47.3 Å². The highest BCUT2D eigenvalue weighted by molar-refractivity contribution is 5.93. The maximum absolute atomic E-state index is 13.9. The van der Waals surface area contributed by atoms with Gasteiger partial charge in [-0.1, -0.05) is 56.3 Å². The first kappa shape index (κ1) is 24.1. The van der Waals surface area contributed by atoms with Gasteiger partial charge >= 0.3 is 0 Å². The van der Waals surface area contributed by atoms with E-state index in [0.717, 1.165) is 60.0 Å². The quantitative estimate of drug-likeness (QED) is 0.683. The second-order valence-electron chi connectivity index (χ2n) is 11.3. The summed E-state index contributed by atoms with van der Waals surface area (Å²) in [5, 5.41) is 0. The normalized spacial score (nSPS) is 24.5. The number of hydrogen-bond donors (Lipinski definition) is 1. The molecule has 2 aliphatic heterocycles. The Morgan fingerprint density at radius 1 is 1.00 bits per heavy atom. The van der Waals surface area contributed by atoms with E-state index in [4.69, 9.17) is 5.73 Å². The van der Waals surface area contributed by atoms with Crippen LogP contribution in [0.25, 0.3) is 11.1 Å². The number of likely N-dealkylation sites (tertiary alicyclic amines) is 1. The molecular formula is C30H39N3O2. The van der Waals surface area contributed by atoms with E-state index in [1.165, 1.54) is 25.7 Å². The Hall–Kier alpha value is -2.66. The van der Waals surface area contributed by atoms with Gasteiger partial charge in [0.1, 0.15) is 0 Å². The first-order valence-electron chi connectivity index (χ1n) is 13.4. The van der Waals surface area contributed by atoms with Crippen molar-refractivity contribution in [2.24, 2.45) is 17.6 Å². The Morgan fingerprint density at radius 3 is 2.31 bits per heavy atom. The smallest absolute Gasteiger partial charge is 0.237 e. The van der Waals surface area contributed by atoms with Gasteiger partial charge in [0, 0.05) is 12.6 Å².